The number of nitrogens with zero attached hydrogens (tertiary/aromatic N) is 6. The van der Waals surface area contributed by atoms with Gasteiger partial charge in [0, 0.05) is 24.6 Å². The van der Waals surface area contributed by atoms with Crippen LogP contribution >= 0.6 is 11.6 Å². The molecular formula is C20H19ClN8O2. The maximum Gasteiger partial charge on any atom is 0.246 e. The van der Waals surface area contributed by atoms with E-state index < -0.39 is 0 Å². The van der Waals surface area contributed by atoms with Gasteiger partial charge < -0.3 is 19.7 Å². The van der Waals surface area contributed by atoms with Gasteiger partial charge in [0.25, 0.3) is 0 Å². The fourth-order valence-electron chi connectivity index (χ4n) is 3.71. The van der Waals surface area contributed by atoms with Gasteiger partial charge in [0.15, 0.2) is 11.5 Å². The molecule has 0 atom stereocenters. The molecular weight excluding hydrogens is 420 g/mol. The van der Waals surface area contributed by atoms with Crippen molar-refractivity contribution in [1.29, 1.82) is 0 Å². The van der Waals surface area contributed by atoms with Crippen molar-refractivity contribution < 1.29 is 9.32 Å². The number of piperidine rings is 1. The number of carbonyl (C=O) groups excluding carboxylic acids is 1. The maximum absolute atomic E-state index is 12.6. The highest BCUT2D eigenvalue weighted by atomic mass is 35.5. The summed E-state index contributed by atoms with van der Waals surface area (Å²) >= 11 is 6.03. The largest absolute Gasteiger partial charge is 0.355 e. The molecule has 1 fully saturated rings. The van der Waals surface area contributed by atoms with Gasteiger partial charge in [-0.05, 0) is 24.4 Å². The minimum Gasteiger partial charge on any atom is -0.355 e. The van der Waals surface area contributed by atoms with Crippen LogP contribution in [0.4, 0.5) is 5.82 Å². The Hall–Kier alpha value is -3.53. The van der Waals surface area contributed by atoms with E-state index in [9.17, 15) is 4.79 Å². The number of nitrogens with one attached hydrogen (secondary N) is 2. The van der Waals surface area contributed by atoms with Gasteiger partial charge in [0.1, 0.15) is 5.52 Å². The summed E-state index contributed by atoms with van der Waals surface area (Å²) in [6.07, 6.45) is 2.96. The molecule has 5 rings (SSSR count). The zero-order chi connectivity index (χ0) is 21.2. The number of rotatable bonds is 5. The van der Waals surface area contributed by atoms with Crippen LogP contribution in [0.1, 0.15) is 18.7 Å². The van der Waals surface area contributed by atoms with E-state index in [1.807, 2.05) is 30.3 Å². The molecule has 0 unspecified atom stereocenters. The molecule has 0 bridgehead atoms. The number of hydrogen-bond acceptors (Lipinski definition) is 8. The first kappa shape index (κ1) is 19.4. The van der Waals surface area contributed by atoms with E-state index in [0.29, 0.717) is 49.1 Å². The van der Waals surface area contributed by atoms with E-state index in [1.165, 1.54) is 0 Å². The van der Waals surface area contributed by atoms with Gasteiger partial charge in [-0.25, -0.2) is 4.98 Å². The summed E-state index contributed by atoms with van der Waals surface area (Å²) in [7, 11) is 0. The van der Waals surface area contributed by atoms with E-state index in [2.05, 4.69) is 40.3 Å². The quantitative estimate of drug-likeness (QED) is 0.455. The number of fused-ring (bicyclic) bond motifs is 1. The molecule has 3 aromatic heterocycles. The van der Waals surface area contributed by atoms with Crippen LogP contribution in [0, 0.1) is 5.92 Å². The third-order valence-corrected chi connectivity index (χ3v) is 5.49. The standard InChI is InChI=1S/C20H19ClN8O2/c21-20-26-17-15(23-11-24-17)18(27-20)29-8-6-13(7-9-29)19(30)22-10-14-25-16(28-31-14)12-4-2-1-3-5-12/h1-5,11,13H,6-10H2,(H,22,30)(H,23,24,26,27). The van der Waals surface area contributed by atoms with E-state index >= 15 is 0 Å². The lowest BCUT2D eigenvalue weighted by Gasteiger charge is -2.32. The van der Waals surface area contributed by atoms with Crippen LogP contribution in [0.5, 0.6) is 0 Å². The van der Waals surface area contributed by atoms with Gasteiger partial charge in [-0.3, -0.25) is 4.79 Å². The molecule has 1 saturated heterocycles. The lowest BCUT2D eigenvalue weighted by atomic mass is 9.96. The molecule has 1 aromatic carbocycles. The number of aromatic amines is 1. The molecule has 4 heterocycles. The fourth-order valence-corrected chi connectivity index (χ4v) is 3.87. The van der Waals surface area contributed by atoms with E-state index in [1.54, 1.807) is 6.33 Å². The Morgan fingerprint density at radius 2 is 2.00 bits per heavy atom. The lowest BCUT2D eigenvalue weighted by molar-refractivity contribution is -0.125. The average Bonchev–Trinajstić information content (AvgIpc) is 3.47. The van der Waals surface area contributed by atoms with Crippen molar-refractivity contribution >= 4 is 34.5 Å². The zero-order valence-electron chi connectivity index (χ0n) is 16.5. The van der Waals surface area contributed by atoms with Crippen LogP contribution in [0.3, 0.4) is 0 Å². The summed E-state index contributed by atoms with van der Waals surface area (Å²) in [5.41, 5.74) is 2.15. The predicted molar refractivity (Wildman–Crippen MR) is 113 cm³/mol. The molecule has 4 aromatic rings. The Bertz CT molecular complexity index is 1200. The van der Waals surface area contributed by atoms with Crippen LogP contribution in [0.15, 0.2) is 41.2 Å². The maximum atomic E-state index is 12.6. The van der Waals surface area contributed by atoms with E-state index in [4.69, 9.17) is 16.1 Å². The number of H-pyrrole nitrogens is 1. The number of hydrogen-bond donors (Lipinski definition) is 2. The molecule has 0 radical (unpaired) electrons. The highest BCUT2D eigenvalue weighted by Gasteiger charge is 2.27. The summed E-state index contributed by atoms with van der Waals surface area (Å²) in [5, 5.41) is 7.04. The fraction of sp³-hybridized carbons (Fsp3) is 0.300. The van der Waals surface area contributed by atoms with Crippen LogP contribution in [0.25, 0.3) is 22.6 Å². The summed E-state index contributed by atoms with van der Waals surface area (Å²) in [5.74, 6) is 1.48. The van der Waals surface area contributed by atoms with Crippen molar-refractivity contribution in [2.75, 3.05) is 18.0 Å². The Balaban J connectivity index is 1.17. The van der Waals surface area contributed by atoms with Crippen LogP contribution in [-0.4, -0.2) is 49.1 Å². The van der Waals surface area contributed by atoms with Crippen molar-refractivity contribution in [1.82, 2.24) is 35.4 Å². The highest BCUT2D eigenvalue weighted by molar-refractivity contribution is 6.28. The molecule has 10 nitrogen and oxygen atoms in total. The minimum absolute atomic E-state index is 0.0217. The second-order valence-corrected chi connectivity index (χ2v) is 7.61. The Morgan fingerprint density at radius 1 is 1.19 bits per heavy atom. The first-order chi connectivity index (χ1) is 15.2. The van der Waals surface area contributed by atoms with Crippen molar-refractivity contribution in [2.24, 2.45) is 5.92 Å². The molecule has 2 N–H and O–H groups in total. The van der Waals surface area contributed by atoms with E-state index in [-0.39, 0.29) is 23.7 Å². The summed E-state index contributed by atoms with van der Waals surface area (Å²) < 4.78 is 5.26. The topological polar surface area (TPSA) is 126 Å². The van der Waals surface area contributed by atoms with Gasteiger partial charge in [-0.15, -0.1) is 0 Å². The summed E-state index contributed by atoms with van der Waals surface area (Å²) in [6, 6.07) is 9.55. The van der Waals surface area contributed by atoms with Crippen LogP contribution in [-0.2, 0) is 11.3 Å². The molecule has 1 aliphatic rings. The Labute approximate surface area is 182 Å². The number of anilines is 1. The number of benzene rings is 1. The monoisotopic (exact) mass is 438 g/mol. The molecule has 158 valence electrons. The Morgan fingerprint density at radius 3 is 2.81 bits per heavy atom. The molecule has 1 aliphatic heterocycles. The smallest absolute Gasteiger partial charge is 0.246 e. The molecule has 0 saturated carbocycles. The number of imidazole rings is 1. The molecule has 1 amide bonds. The normalized spacial score (nSPS) is 14.8. The third kappa shape index (κ3) is 4.06. The van der Waals surface area contributed by atoms with Crippen molar-refractivity contribution in [3.05, 3.63) is 47.8 Å². The van der Waals surface area contributed by atoms with Crippen LogP contribution < -0.4 is 10.2 Å². The SMILES string of the molecule is O=C(NCc1nc(-c2ccccc2)no1)C1CCN(c2nc(Cl)nc3nc[nH]c23)CC1. The minimum atomic E-state index is -0.0951. The molecule has 0 aliphatic carbocycles. The number of aromatic nitrogens is 6. The number of halogens is 1. The van der Waals surface area contributed by atoms with Crippen molar-refractivity contribution in [3.8, 4) is 11.4 Å². The summed E-state index contributed by atoms with van der Waals surface area (Å²) in [6.45, 7) is 1.56. The van der Waals surface area contributed by atoms with Crippen LogP contribution in [0.2, 0.25) is 5.28 Å². The second kappa shape index (κ2) is 8.31. The molecule has 31 heavy (non-hydrogen) atoms. The Kier molecular flexibility index (Phi) is 5.21. The average molecular weight is 439 g/mol. The molecule has 11 heteroatoms. The third-order valence-electron chi connectivity index (χ3n) is 5.32. The van der Waals surface area contributed by atoms with Crippen molar-refractivity contribution in [3.63, 3.8) is 0 Å². The molecule has 0 spiro atoms. The zero-order valence-corrected chi connectivity index (χ0v) is 17.2. The summed E-state index contributed by atoms with van der Waals surface area (Å²) in [4.78, 5) is 34.7. The second-order valence-electron chi connectivity index (χ2n) is 7.27. The number of amides is 1. The number of carbonyl (C=O) groups is 1. The van der Waals surface area contributed by atoms with Gasteiger partial charge in [0.2, 0.25) is 22.9 Å². The highest BCUT2D eigenvalue weighted by Crippen LogP contribution is 2.27. The first-order valence-corrected chi connectivity index (χ1v) is 10.3. The first-order valence-electron chi connectivity index (χ1n) is 9.94. The van der Waals surface area contributed by atoms with Gasteiger partial charge in [-0.1, -0.05) is 35.5 Å². The van der Waals surface area contributed by atoms with Gasteiger partial charge in [0.05, 0.1) is 12.9 Å². The van der Waals surface area contributed by atoms with Gasteiger partial charge >= 0.3 is 0 Å². The van der Waals surface area contributed by atoms with Gasteiger partial charge in [-0.2, -0.15) is 15.0 Å². The van der Waals surface area contributed by atoms with Crippen molar-refractivity contribution in [2.45, 2.75) is 19.4 Å². The lowest BCUT2D eigenvalue weighted by Crippen LogP contribution is -2.40. The van der Waals surface area contributed by atoms with E-state index in [0.717, 1.165) is 11.1 Å². The predicted octanol–water partition coefficient (Wildman–Crippen LogP) is 2.59.